The van der Waals surface area contributed by atoms with Gasteiger partial charge in [0.25, 0.3) is 0 Å². The van der Waals surface area contributed by atoms with Gasteiger partial charge in [-0.3, -0.25) is 4.79 Å². The lowest BCUT2D eigenvalue weighted by atomic mass is 10.1. The molecule has 0 unspecified atom stereocenters. The zero-order valence-corrected chi connectivity index (χ0v) is 12.1. The van der Waals surface area contributed by atoms with E-state index < -0.39 is 17.0 Å². The van der Waals surface area contributed by atoms with Crippen molar-refractivity contribution in [3.8, 4) is 0 Å². The number of hydrogen-bond donors (Lipinski definition) is 0. The van der Waals surface area contributed by atoms with Crippen LogP contribution in [0.1, 0.15) is 20.2 Å². The third-order valence-corrected chi connectivity index (χ3v) is 4.41. The van der Waals surface area contributed by atoms with Gasteiger partial charge in [-0.2, -0.15) is 13.2 Å². The van der Waals surface area contributed by atoms with E-state index in [1.54, 1.807) is 0 Å². The second kappa shape index (κ2) is 5.22. The lowest BCUT2D eigenvalue weighted by Gasteiger charge is -2.01. The Balaban J connectivity index is 2.34. The van der Waals surface area contributed by atoms with Crippen LogP contribution in [0.25, 0.3) is 0 Å². The Hall–Kier alpha value is -0.920. The molecule has 8 heteroatoms. The van der Waals surface area contributed by atoms with Crippen molar-refractivity contribution in [1.82, 2.24) is 4.98 Å². The first-order valence-corrected chi connectivity index (χ1v) is 6.80. The molecule has 0 aliphatic carbocycles. The number of halogens is 5. The number of nitrogens with zero attached hydrogens (tertiary/aromatic N) is 1. The third-order valence-electron chi connectivity index (χ3n) is 2.15. The standard InChI is InChI=1S/C11H4BrClF3NOS/c12-6-3-5(1-2-7(6)13)9(18)8-4-17-10(19-8)11(14,15)16/h1-4H. The molecule has 0 amide bonds. The van der Waals surface area contributed by atoms with Crippen molar-refractivity contribution >= 4 is 44.7 Å². The summed E-state index contributed by atoms with van der Waals surface area (Å²) in [5.74, 6) is -0.523. The van der Waals surface area contributed by atoms with E-state index in [0.29, 0.717) is 20.8 Å². The number of thiazole rings is 1. The van der Waals surface area contributed by atoms with E-state index >= 15 is 0 Å². The van der Waals surface area contributed by atoms with Gasteiger partial charge in [-0.1, -0.05) is 11.6 Å². The van der Waals surface area contributed by atoms with Crippen molar-refractivity contribution < 1.29 is 18.0 Å². The fraction of sp³-hybridized carbons (Fsp3) is 0.0909. The van der Waals surface area contributed by atoms with Gasteiger partial charge in [-0.05, 0) is 34.1 Å². The Bertz CT molecular complexity index is 641. The minimum Gasteiger partial charge on any atom is -0.288 e. The normalized spacial score (nSPS) is 11.6. The predicted octanol–water partition coefficient (Wildman–Crippen LogP) is 4.81. The summed E-state index contributed by atoms with van der Waals surface area (Å²) >= 11 is 9.24. The van der Waals surface area contributed by atoms with Crippen LogP contribution in [-0.4, -0.2) is 10.8 Å². The van der Waals surface area contributed by atoms with Gasteiger partial charge in [-0.15, -0.1) is 11.3 Å². The summed E-state index contributed by atoms with van der Waals surface area (Å²) in [5.41, 5.74) is 0.244. The van der Waals surface area contributed by atoms with Crippen LogP contribution in [0.15, 0.2) is 28.9 Å². The molecule has 0 fully saturated rings. The summed E-state index contributed by atoms with van der Waals surface area (Å²) in [6.07, 6.45) is -3.61. The molecule has 100 valence electrons. The van der Waals surface area contributed by atoms with E-state index in [1.165, 1.54) is 18.2 Å². The molecule has 0 radical (unpaired) electrons. The van der Waals surface area contributed by atoms with Crippen LogP contribution in [0.2, 0.25) is 5.02 Å². The van der Waals surface area contributed by atoms with E-state index in [-0.39, 0.29) is 10.4 Å². The maximum Gasteiger partial charge on any atom is 0.443 e. The van der Waals surface area contributed by atoms with Crippen LogP contribution in [0, 0.1) is 0 Å². The lowest BCUT2D eigenvalue weighted by Crippen LogP contribution is -2.03. The highest BCUT2D eigenvalue weighted by atomic mass is 79.9. The first kappa shape index (κ1) is 14.5. The van der Waals surface area contributed by atoms with Gasteiger partial charge in [0.1, 0.15) is 0 Å². The molecule has 0 aliphatic heterocycles. The largest absolute Gasteiger partial charge is 0.443 e. The average molecular weight is 371 g/mol. The fourth-order valence-corrected chi connectivity index (χ4v) is 2.53. The quantitative estimate of drug-likeness (QED) is 0.710. The smallest absolute Gasteiger partial charge is 0.288 e. The molecule has 19 heavy (non-hydrogen) atoms. The van der Waals surface area contributed by atoms with Crippen molar-refractivity contribution in [3.05, 3.63) is 49.3 Å². The molecule has 2 nitrogen and oxygen atoms in total. The van der Waals surface area contributed by atoms with Crippen LogP contribution in [0.3, 0.4) is 0 Å². The first-order chi connectivity index (χ1) is 8.79. The minimum atomic E-state index is -4.54. The van der Waals surface area contributed by atoms with Crippen molar-refractivity contribution in [2.24, 2.45) is 0 Å². The Morgan fingerprint density at radius 2 is 2.05 bits per heavy atom. The number of alkyl halides is 3. The first-order valence-electron chi connectivity index (χ1n) is 4.82. The van der Waals surface area contributed by atoms with E-state index in [0.717, 1.165) is 6.20 Å². The van der Waals surface area contributed by atoms with Gasteiger partial charge in [0.05, 0.1) is 9.90 Å². The van der Waals surface area contributed by atoms with Gasteiger partial charge < -0.3 is 0 Å². The molecule has 1 aromatic carbocycles. The highest BCUT2D eigenvalue weighted by Gasteiger charge is 2.35. The van der Waals surface area contributed by atoms with Crippen LogP contribution in [0.5, 0.6) is 0 Å². The Kier molecular flexibility index (Phi) is 3.98. The second-order valence-corrected chi connectivity index (χ2v) is 5.78. The van der Waals surface area contributed by atoms with Gasteiger partial charge in [0.15, 0.2) is 5.01 Å². The number of aromatic nitrogens is 1. The molecule has 0 saturated heterocycles. The number of benzene rings is 1. The predicted molar refractivity (Wildman–Crippen MR) is 69.7 cm³/mol. The number of hydrogen-bond acceptors (Lipinski definition) is 3. The minimum absolute atomic E-state index is 0.0680. The summed E-state index contributed by atoms with van der Waals surface area (Å²) in [6, 6.07) is 4.39. The highest BCUT2D eigenvalue weighted by molar-refractivity contribution is 9.10. The lowest BCUT2D eigenvalue weighted by molar-refractivity contribution is -0.137. The van der Waals surface area contributed by atoms with Gasteiger partial charge in [0.2, 0.25) is 5.78 Å². The maximum atomic E-state index is 12.4. The molecule has 1 aromatic heterocycles. The molecule has 0 aliphatic rings. The van der Waals surface area contributed by atoms with E-state index in [9.17, 15) is 18.0 Å². The summed E-state index contributed by atoms with van der Waals surface area (Å²) in [7, 11) is 0. The fourth-order valence-electron chi connectivity index (χ4n) is 1.29. The van der Waals surface area contributed by atoms with Gasteiger partial charge >= 0.3 is 6.18 Å². The van der Waals surface area contributed by atoms with Crippen LogP contribution < -0.4 is 0 Å². The van der Waals surface area contributed by atoms with Crippen molar-refractivity contribution in [1.29, 1.82) is 0 Å². The highest BCUT2D eigenvalue weighted by Crippen LogP contribution is 2.33. The SMILES string of the molecule is O=C(c1ccc(Cl)c(Br)c1)c1cnc(C(F)(F)F)s1. The van der Waals surface area contributed by atoms with Crippen LogP contribution in [-0.2, 0) is 6.18 Å². The van der Waals surface area contributed by atoms with Crippen molar-refractivity contribution in [2.75, 3.05) is 0 Å². The Morgan fingerprint density at radius 3 is 2.58 bits per heavy atom. The van der Waals surface area contributed by atoms with Crippen LogP contribution in [0.4, 0.5) is 13.2 Å². The third kappa shape index (κ3) is 3.16. The molecule has 0 spiro atoms. The van der Waals surface area contributed by atoms with E-state index in [2.05, 4.69) is 20.9 Å². The molecule has 2 rings (SSSR count). The van der Waals surface area contributed by atoms with Crippen molar-refractivity contribution in [2.45, 2.75) is 6.18 Å². The average Bonchev–Trinajstić information content (AvgIpc) is 2.81. The molecule has 0 saturated carbocycles. The number of ketones is 1. The monoisotopic (exact) mass is 369 g/mol. The van der Waals surface area contributed by atoms with Crippen LogP contribution >= 0.6 is 38.9 Å². The molecule has 0 bridgehead atoms. The molecule has 2 aromatic rings. The zero-order chi connectivity index (χ0) is 14.2. The topological polar surface area (TPSA) is 30.0 Å². The molecule has 0 atom stereocenters. The Labute approximate surface area is 123 Å². The number of carbonyl (C=O) groups excluding carboxylic acids is 1. The van der Waals surface area contributed by atoms with Gasteiger partial charge in [0, 0.05) is 16.2 Å². The van der Waals surface area contributed by atoms with E-state index in [1.807, 2.05) is 0 Å². The molecule has 1 heterocycles. The molecule has 0 N–H and O–H groups in total. The second-order valence-electron chi connectivity index (χ2n) is 3.49. The molecular formula is C11H4BrClF3NOS. The van der Waals surface area contributed by atoms with Gasteiger partial charge in [-0.25, -0.2) is 4.98 Å². The van der Waals surface area contributed by atoms with E-state index in [4.69, 9.17) is 11.6 Å². The summed E-state index contributed by atoms with van der Waals surface area (Å²) in [5, 5.41) is -0.624. The van der Waals surface area contributed by atoms with Crippen molar-refractivity contribution in [3.63, 3.8) is 0 Å². The maximum absolute atomic E-state index is 12.4. The summed E-state index contributed by atoms with van der Waals surface area (Å²) in [4.78, 5) is 15.1. The zero-order valence-electron chi connectivity index (χ0n) is 8.96. The number of rotatable bonds is 2. The number of carbonyl (C=O) groups is 1. The summed E-state index contributed by atoms with van der Waals surface area (Å²) < 4.78 is 37.7. The molecular weight excluding hydrogens is 367 g/mol. The Morgan fingerprint density at radius 1 is 1.37 bits per heavy atom. The summed E-state index contributed by atoms with van der Waals surface area (Å²) in [6.45, 7) is 0.